The molecule has 0 aliphatic carbocycles. The second kappa shape index (κ2) is 6.11. The van der Waals surface area contributed by atoms with E-state index in [1.54, 1.807) is 17.8 Å². The Kier molecular flexibility index (Phi) is 4.70. The smallest absolute Gasteiger partial charge is 0.153 e. The summed E-state index contributed by atoms with van der Waals surface area (Å²) in [6, 6.07) is 4.61. The molecule has 0 saturated carbocycles. The maximum absolute atomic E-state index is 14.1. The quantitative estimate of drug-likeness (QED) is 0.870. The minimum atomic E-state index is -0.324. The van der Waals surface area contributed by atoms with Gasteiger partial charge >= 0.3 is 0 Å². The second-order valence-corrected chi connectivity index (χ2v) is 5.62. The van der Waals surface area contributed by atoms with Gasteiger partial charge in [0, 0.05) is 17.1 Å². The minimum Gasteiger partial charge on any atom is -0.305 e. The van der Waals surface area contributed by atoms with Gasteiger partial charge in [0.1, 0.15) is 5.82 Å². The molecule has 1 aromatic carbocycles. The van der Waals surface area contributed by atoms with Gasteiger partial charge in [-0.1, -0.05) is 34.1 Å². The SMILES string of the molecule is CCNC(c1c(F)cccc1Br)c1c(Br)nnn1C. The van der Waals surface area contributed by atoms with Gasteiger partial charge in [0.05, 0.1) is 11.7 Å². The summed E-state index contributed by atoms with van der Waals surface area (Å²) in [7, 11) is 1.78. The van der Waals surface area contributed by atoms with Crippen LogP contribution in [0.2, 0.25) is 0 Å². The fourth-order valence-electron chi connectivity index (χ4n) is 1.97. The van der Waals surface area contributed by atoms with E-state index in [1.165, 1.54) is 6.07 Å². The van der Waals surface area contributed by atoms with Crippen molar-refractivity contribution in [2.45, 2.75) is 13.0 Å². The average molecular weight is 392 g/mol. The van der Waals surface area contributed by atoms with Crippen LogP contribution in [0.5, 0.6) is 0 Å². The zero-order chi connectivity index (χ0) is 14.0. The molecule has 0 saturated heterocycles. The number of aromatic nitrogens is 3. The standard InChI is InChI=1S/C12H13Br2FN4/c1-3-16-10(11-12(14)17-18-19(11)2)9-7(13)5-4-6-8(9)15/h4-6,10,16H,3H2,1-2H3. The second-order valence-electron chi connectivity index (χ2n) is 4.02. The molecule has 0 aliphatic heterocycles. The molecule has 1 unspecified atom stereocenters. The monoisotopic (exact) mass is 390 g/mol. The zero-order valence-electron chi connectivity index (χ0n) is 10.5. The van der Waals surface area contributed by atoms with Crippen LogP contribution in [0.4, 0.5) is 4.39 Å². The van der Waals surface area contributed by atoms with Crippen molar-refractivity contribution in [3.05, 3.63) is 44.3 Å². The van der Waals surface area contributed by atoms with Gasteiger partial charge in [-0.3, -0.25) is 0 Å². The van der Waals surface area contributed by atoms with E-state index in [1.807, 2.05) is 13.0 Å². The van der Waals surface area contributed by atoms with Crippen LogP contribution >= 0.6 is 31.9 Å². The number of halogens is 3. The molecule has 7 heteroatoms. The number of hydrogen-bond acceptors (Lipinski definition) is 3. The van der Waals surface area contributed by atoms with Gasteiger partial charge in [0.25, 0.3) is 0 Å². The Morgan fingerprint density at radius 2 is 2.16 bits per heavy atom. The Morgan fingerprint density at radius 1 is 1.42 bits per heavy atom. The van der Waals surface area contributed by atoms with Crippen LogP contribution in [0.15, 0.2) is 27.3 Å². The molecule has 0 bridgehead atoms. The Hall–Kier alpha value is -0.790. The number of nitrogens with zero attached hydrogens (tertiary/aromatic N) is 3. The van der Waals surface area contributed by atoms with E-state index in [0.717, 1.165) is 5.69 Å². The molecule has 1 N–H and O–H groups in total. The summed E-state index contributed by atoms with van der Waals surface area (Å²) in [6.07, 6.45) is 0. The number of hydrogen-bond donors (Lipinski definition) is 1. The number of benzene rings is 1. The molecule has 0 aliphatic rings. The van der Waals surface area contributed by atoms with Crippen LogP contribution in [0.3, 0.4) is 0 Å². The summed E-state index contributed by atoms with van der Waals surface area (Å²) in [6.45, 7) is 2.67. The molecule has 1 aromatic heterocycles. The van der Waals surface area contributed by atoms with Crippen LogP contribution < -0.4 is 5.32 Å². The normalized spacial score (nSPS) is 12.7. The van der Waals surface area contributed by atoms with E-state index in [2.05, 4.69) is 47.5 Å². The van der Waals surface area contributed by atoms with Gasteiger partial charge in [-0.15, -0.1) is 5.10 Å². The van der Waals surface area contributed by atoms with Crippen molar-refractivity contribution in [2.75, 3.05) is 6.54 Å². The Labute approximate surface area is 127 Å². The molecule has 0 spiro atoms. The van der Waals surface area contributed by atoms with Gasteiger partial charge in [-0.05, 0) is 34.6 Å². The predicted molar refractivity (Wildman–Crippen MR) is 78.3 cm³/mol. The van der Waals surface area contributed by atoms with Gasteiger partial charge in [0.2, 0.25) is 0 Å². The Morgan fingerprint density at radius 3 is 2.68 bits per heavy atom. The van der Waals surface area contributed by atoms with Gasteiger partial charge < -0.3 is 5.32 Å². The maximum Gasteiger partial charge on any atom is 0.153 e. The number of rotatable bonds is 4. The van der Waals surface area contributed by atoms with E-state index < -0.39 is 0 Å². The minimum absolute atomic E-state index is 0.270. The van der Waals surface area contributed by atoms with Crippen molar-refractivity contribution < 1.29 is 4.39 Å². The first-order chi connectivity index (χ1) is 9.06. The molecule has 4 nitrogen and oxygen atoms in total. The number of nitrogens with one attached hydrogen (secondary N) is 1. The molecule has 0 radical (unpaired) electrons. The summed E-state index contributed by atoms with van der Waals surface area (Å²) in [5, 5.41) is 11.2. The highest BCUT2D eigenvalue weighted by Gasteiger charge is 2.25. The summed E-state index contributed by atoms with van der Waals surface area (Å²) in [5.74, 6) is -0.270. The largest absolute Gasteiger partial charge is 0.305 e. The fraction of sp³-hybridized carbons (Fsp3) is 0.333. The van der Waals surface area contributed by atoms with Crippen LogP contribution in [0, 0.1) is 5.82 Å². The fourth-order valence-corrected chi connectivity index (χ4v) is 3.10. The van der Waals surface area contributed by atoms with Crippen LogP contribution in [0.25, 0.3) is 0 Å². The van der Waals surface area contributed by atoms with E-state index in [-0.39, 0.29) is 11.9 Å². The lowest BCUT2D eigenvalue weighted by molar-refractivity contribution is 0.527. The highest BCUT2D eigenvalue weighted by Crippen LogP contribution is 2.33. The first kappa shape index (κ1) is 14.6. The average Bonchev–Trinajstić information content (AvgIpc) is 2.68. The summed E-state index contributed by atoms with van der Waals surface area (Å²) >= 11 is 6.77. The molecular weight excluding hydrogens is 379 g/mol. The van der Waals surface area contributed by atoms with Crippen molar-refractivity contribution in [3.63, 3.8) is 0 Å². The predicted octanol–water partition coefficient (Wildman–Crippen LogP) is 3.18. The zero-order valence-corrected chi connectivity index (χ0v) is 13.7. The molecule has 19 heavy (non-hydrogen) atoms. The van der Waals surface area contributed by atoms with Crippen molar-refractivity contribution >= 4 is 31.9 Å². The molecule has 2 aromatic rings. The lowest BCUT2D eigenvalue weighted by Crippen LogP contribution is -2.26. The van der Waals surface area contributed by atoms with Crippen molar-refractivity contribution in [2.24, 2.45) is 7.05 Å². The third-order valence-corrected chi connectivity index (χ3v) is 4.05. The van der Waals surface area contributed by atoms with Crippen molar-refractivity contribution in [1.29, 1.82) is 0 Å². The van der Waals surface area contributed by atoms with Crippen molar-refractivity contribution in [3.8, 4) is 0 Å². The van der Waals surface area contributed by atoms with Gasteiger partial charge in [-0.25, -0.2) is 9.07 Å². The molecule has 0 fully saturated rings. The van der Waals surface area contributed by atoms with Crippen LogP contribution in [-0.2, 0) is 7.05 Å². The van der Waals surface area contributed by atoms with E-state index in [0.29, 0.717) is 21.2 Å². The first-order valence-electron chi connectivity index (χ1n) is 5.78. The molecule has 1 atom stereocenters. The van der Waals surface area contributed by atoms with E-state index in [4.69, 9.17) is 0 Å². The lowest BCUT2D eigenvalue weighted by atomic mass is 10.0. The molecule has 0 amide bonds. The van der Waals surface area contributed by atoms with Crippen LogP contribution in [-0.4, -0.2) is 21.5 Å². The highest BCUT2D eigenvalue weighted by molar-refractivity contribution is 9.10. The topological polar surface area (TPSA) is 42.7 Å². The highest BCUT2D eigenvalue weighted by atomic mass is 79.9. The number of aryl methyl sites for hydroxylation is 1. The molecule has 1 heterocycles. The van der Waals surface area contributed by atoms with E-state index in [9.17, 15) is 4.39 Å². The third kappa shape index (κ3) is 2.88. The Bertz CT molecular complexity index is 545. The van der Waals surface area contributed by atoms with Crippen LogP contribution in [0.1, 0.15) is 24.2 Å². The lowest BCUT2D eigenvalue weighted by Gasteiger charge is -2.20. The summed E-state index contributed by atoms with van der Waals surface area (Å²) in [4.78, 5) is 0. The Balaban J connectivity index is 2.58. The molecule has 102 valence electrons. The van der Waals surface area contributed by atoms with E-state index >= 15 is 0 Å². The van der Waals surface area contributed by atoms with Gasteiger partial charge in [0.15, 0.2) is 4.60 Å². The summed E-state index contributed by atoms with van der Waals surface area (Å²) in [5.41, 5.74) is 1.34. The first-order valence-corrected chi connectivity index (χ1v) is 7.37. The molecule has 2 rings (SSSR count). The third-order valence-electron chi connectivity index (χ3n) is 2.80. The maximum atomic E-state index is 14.1. The van der Waals surface area contributed by atoms with Gasteiger partial charge in [-0.2, -0.15) is 0 Å². The van der Waals surface area contributed by atoms with Crippen molar-refractivity contribution in [1.82, 2.24) is 20.3 Å². The molecular formula is C12H13Br2FN4. The summed E-state index contributed by atoms with van der Waals surface area (Å²) < 4.78 is 17.1.